The molecule has 0 spiro atoms. The van der Waals surface area contributed by atoms with Gasteiger partial charge in [0.15, 0.2) is 0 Å². The SMILES string of the molecule is CCCc1ncc(C)c2c(CCN3CCCCC3)c3ccccc3n12. The number of hydrogen-bond acceptors (Lipinski definition) is 2. The van der Waals surface area contributed by atoms with Crippen molar-refractivity contribution in [3.05, 3.63) is 47.4 Å². The Balaban J connectivity index is 1.82. The van der Waals surface area contributed by atoms with Crippen molar-refractivity contribution in [1.82, 2.24) is 14.3 Å². The van der Waals surface area contributed by atoms with Crippen LogP contribution >= 0.6 is 0 Å². The van der Waals surface area contributed by atoms with Crippen molar-refractivity contribution in [1.29, 1.82) is 0 Å². The number of piperidine rings is 1. The number of para-hydroxylation sites is 1. The highest BCUT2D eigenvalue weighted by molar-refractivity contribution is 5.93. The lowest BCUT2D eigenvalue weighted by molar-refractivity contribution is 0.232. The van der Waals surface area contributed by atoms with Gasteiger partial charge in [-0.3, -0.25) is 4.40 Å². The molecule has 25 heavy (non-hydrogen) atoms. The molecule has 3 nitrogen and oxygen atoms in total. The van der Waals surface area contributed by atoms with Crippen molar-refractivity contribution >= 4 is 16.4 Å². The summed E-state index contributed by atoms with van der Waals surface area (Å²) in [6.45, 7) is 8.16. The summed E-state index contributed by atoms with van der Waals surface area (Å²) < 4.78 is 2.43. The van der Waals surface area contributed by atoms with E-state index >= 15 is 0 Å². The maximum Gasteiger partial charge on any atom is 0.113 e. The van der Waals surface area contributed by atoms with Crippen LogP contribution in [0.2, 0.25) is 0 Å². The molecular weight excluding hydrogens is 306 g/mol. The van der Waals surface area contributed by atoms with Gasteiger partial charge < -0.3 is 4.90 Å². The van der Waals surface area contributed by atoms with Gasteiger partial charge in [-0.15, -0.1) is 0 Å². The van der Waals surface area contributed by atoms with Crippen LogP contribution in [0, 0.1) is 6.92 Å². The van der Waals surface area contributed by atoms with Crippen molar-refractivity contribution < 1.29 is 0 Å². The Bertz CT molecular complexity index is 872. The van der Waals surface area contributed by atoms with Crippen LogP contribution in [0.4, 0.5) is 0 Å². The summed E-state index contributed by atoms with van der Waals surface area (Å²) in [6, 6.07) is 8.88. The van der Waals surface area contributed by atoms with Gasteiger partial charge in [-0.2, -0.15) is 0 Å². The molecule has 3 aromatic rings. The second kappa shape index (κ2) is 7.17. The molecule has 132 valence electrons. The number of benzene rings is 1. The first-order chi connectivity index (χ1) is 12.3. The highest BCUT2D eigenvalue weighted by Crippen LogP contribution is 2.30. The number of aryl methyl sites for hydroxylation is 2. The van der Waals surface area contributed by atoms with Crippen LogP contribution in [0.3, 0.4) is 0 Å². The van der Waals surface area contributed by atoms with Crippen molar-refractivity contribution in [2.75, 3.05) is 19.6 Å². The minimum atomic E-state index is 1.03. The number of rotatable bonds is 5. The van der Waals surface area contributed by atoms with Gasteiger partial charge in [0.1, 0.15) is 5.82 Å². The zero-order valence-electron chi connectivity index (χ0n) is 15.6. The third kappa shape index (κ3) is 3.06. The molecule has 0 amide bonds. The van der Waals surface area contributed by atoms with Gasteiger partial charge in [-0.05, 0) is 62.9 Å². The second-order valence-electron chi connectivity index (χ2n) is 7.44. The average Bonchev–Trinajstić information content (AvgIpc) is 2.99. The van der Waals surface area contributed by atoms with Gasteiger partial charge >= 0.3 is 0 Å². The molecule has 0 bridgehead atoms. The third-order valence-corrected chi connectivity index (χ3v) is 5.62. The largest absolute Gasteiger partial charge is 0.303 e. The zero-order valence-corrected chi connectivity index (χ0v) is 15.6. The van der Waals surface area contributed by atoms with Gasteiger partial charge in [-0.25, -0.2) is 4.98 Å². The molecule has 0 N–H and O–H groups in total. The van der Waals surface area contributed by atoms with E-state index in [0.717, 1.165) is 19.3 Å². The van der Waals surface area contributed by atoms with Gasteiger partial charge in [-0.1, -0.05) is 31.5 Å². The standard InChI is InChI=1S/C22H29N3/c1-3-9-21-23-16-17(2)22-19(12-15-24-13-7-4-8-14-24)18-10-5-6-11-20(18)25(21)22/h5-6,10-11,16H,3-4,7-9,12-15H2,1-2H3. The predicted molar refractivity (Wildman–Crippen MR) is 105 cm³/mol. The molecule has 0 saturated carbocycles. The van der Waals surface area contributed by atoms with Gasteiger partial charge in [0.2, 0.25) is 0 Å². The fourth-order valence-electron chi connectivity index (χ4n) is 4.39. The van der Waals surface area contributed by atoms with Gasteiger partial charge in [0, 0.05) is 24.5 Å². The number of fused-ring (bicyclic) bond motifs is 3. The second-order valence-corrected chi connectivity index (χ2v) is 7.44. The highest BCUT2D eigenvalue weighted by Gasteiger charge is 2.18. The summed E-state index contributed by atoms with van der Waals surface area (Å²) in [5.74, 6) is 1.20. The summed E-state index contributed by atoms with van der Waals surface area (Å²) in [4.78, 5) is 7.41. The van der Waals surface area contributed by atoms with E-state index in [0.29, 0.717) is 0 Å². The maximum absolute atomic E-state index is 4.76. The Hall–Kier alpha value is -1.87. The number of nitrogens with zero attached hydrogens (tertiary/aromatic N) is 3. The molecule has 1 aliphatic heterocycles. The number of likely N-dealkylation sites (tertiary alicyclic amines) is 1. The molecule has 1 saturated heterocycles. The third-order valence-electron chi connectivity index (χ3n) is 5.62. The smallest absolute Gasteiger partial charge is 0.113 e. The number of hydrogen-bond donors (Lipinski definition) is 0. The first-order valence-corrected chi connectivity index (χ1v) is 9.88. The molecule has 0 aliphatic carbocycles. The summed E-state index contributed by atoms with van der Waals surface area (Å²) >= 11 is 0. The molecule has 3 heteroatoms. The molecule has 1 aliphatic rings. The Morgan fingerprint density at radius 2 is 1.84 bits per heavy atom. The zero-order chi connectivity index (χ0) is 17.2. The van der Waals surface area contributed by atoms with E-state index in [4.69, 9.17) is 4.98 Å². The lowest BCUT2D eigenvalue weighted by atomic mass is 10.1. The van der Waals surface area contributed by atoms with Crippen LogP contribution < -0.4 is 0 Å². The topological polar surface area (TPSA) is 20.5 Å². The van der Waals surface area contributed by atoms with Gasteiger partial charge in [0.05, 0.1) is 11.0 Å². The van der Waals surface area contributed by atoms with Crippen molar-refractivity contribution in [2.24, 2.45) is 0 Å². The Morgan fingerprint density at radius 1 is 1.04 bits per heavy atom. The van der Waals surface area contributed by atoms with E-state index in [9.17, 15) is 0 Å². The maximum atomic E-state index is 4.76. The van der Waals surface area contributed by atoms with Crippen LogP contribution in [0.1, 0.15) is 49.6 Å². The van der Waals surface area contributed by atoms with Crippen LogP contribution in [-0.2, 0) is 12.8 Å². The monoisotopic (exact) mass is 335 g/mol. The Labute approximate surface area is 150 Å². The first kappa shape index (κ1) is 16.6. The van der Waals surface area contributed by atoms with E-state index in [2.05, 4.69) is 53.6 Å². The molecule has 1 fully saturated rings. The summed E-state index contributed by atoms with van der Waals surface area (Å²) in [6.07, 6.45) is 9.49. The molecule has 0 unspecified atom stereocenters. The fraction of sp³-hybridized carbons (Fsp3) is 0.500. The molecule has 2 aromatic heterocycles. The number of aromatic nitrogens is 2. The molecule has 4 rings (SSSR count). The molecule has 1 aromatic carbocycles. The summed E-state index contributed by atoms with van der Waals surface area (Å²) in [5, 5.41) is 1.41. The quantitative estimate of drug-likeness (QED) is 0.669. The van der Waals surface area contributed by atoms with Crippen molar-refractivity contribution in [3.8, 4) is 0 Å². The van der Waals surface area contributed by atoms with Crippen LogP contribution in [0.25, 0.3) is 16.4 Å². The minimum Gasteiger partial charge on any atom is -0.303 e. The van der Waals surface area contributed by atoms with Gasteiger partial charge in [0.25, 0.3) is 0 Å². The molecule has 0 radical (unpaired) electrons. The first-order valence-electron chi connectivity index (χ1n) is 9.88. The van der Waals surface area contributed by atoms with E-state index in [1.807, 2.05) is 0 Å². The van der Waals surface area contributed by atoms with E-state index < -0.39 is 0 Å². The van der Waals surface area contributed by atoms with Crippen LogP contribution in [0.15, 0.2) is 30.5 Å². The summed E-state index contributed by atoms with van der Waals surface area (Å²) in [7, 11) is 0. The van der Waals surface area contributed by atoms with Crippen molar-refractivity contribution in [3.63, 3.8) is 0 Å². The Morgan fingerprint density at radius 3 is 2.64 bits per heavy atom. The lowest BCUT2D eigenvalue weighted by Gasteiger charge is -2.26. The van der Waals surface area contributed by atoms with Crippen molar-refractivity contribution in [2.45, 2.75) is 52.4 Å². The van der Waals surface area contributed by atoms with E-state index in [-0.39, 0.29) is 0 Å². The highest BCUT2D eigenvalue weighted by atomic mass is 15.1. The molecule has 3 heterocycles. The lowest BCUT2D eigenvalue weighted by Crippen LogP contribution is -2.31. The van der Waals surface area contributed by atoms with E-state index in [1.165, 1.54) is 72.3 Å². The average molecular weight is 335 g/mol. The molecular formula is C22H29N3. The fourth-order valence-corrected chi connectivity index (χ4v) is 4.39. The minimum absolute atomic E-state index is 1.03. The predicted octanol–water partition coefficient (Wildman–Crippen LogP) is 4.78. The van der Waals surface area contributed by atoms with Crippen LogP contribution in [0.5, 0.6) is 0 Å². The Kier molecular flexibility index (Phi) is 4.76. The molecule has 0 atom stereocenters. The van der Waals surface area contributed by atoms with E-state index in [1.54, 1.807) is 0 Å². The van der Waals surface area contributed by atoms with Crippen LogP contribution in [-0.4, -0.2) is 33.9 Å². The normalized spacial score (nSPS) is 16.1. The summed E-state index contributed by atoms with van der Waals surface area (Å²) in [5.41, 5.74) is 5.53.